The summed E-state index contributed by atoms with van der Waals surface area (Å²) in [5, 5.41) is 0. The quantitative estimate of drug-likeness (QED) is 0.221. The maximum Gasteiger partial charge on any atom is 0.271 e. The van der Waals surface area contributed by atoms with Crippen molar-refractivity contribution < 1.29 is 92.0 Å². The van der Waals surface area contributed by atoms with Crippen LogP contribution in [0.1, 0.15) is 51.4 Å². The summed E-state index contributed by atoms with van der Waals surface area (Å²) in [5.41, 5.74) is 0. The minimum Gasteiger partial charge on any atom is -0.366 e. The van der Waals surface area contributed by atoms with E-state index in [1.54, 1.807) is 0 Å². The molecule has 0 unspecified atom stereocenters. The maximum absolute atomic E-state index is 11.7. The van der Waals surface area contributed by atoms with Crippen molar-refractivity contribution in [1.29, 1.82) is 0 Å². The smallest absolute Gasteiger partial charge is 0.271 e. The standard InChI is InChI=1S/C10H20N2O.C9H18N2O3S.C8H16N2O4S.C7H14N2O6S2.C4H9NO3S.C3H6O4S/c1-2-5-11(6-3-1)9-12-7-4-8-13-10-12;12-15(13)7-6-14-9-11(15)8-10-4-2-1-3-5-10;11-15(12)5-3-10(8-14-15)6-9-2-1-4-13-7-9;10-16(11)3-1-14-6-8(16)5-9-7-15-2-4-17(9,12)13;1-5-4-8-2-3-9(5,6)7;4-8(5)2-1-6-3-7-8/h1-10H2;1-9H2;1-8H2;1-7H2;2-4H2,1H3;1-3H2. The number of sulfonamides is 4. The van der Waals surface area contributed by atoms with Gasteiger partial charge in [-0.05, 0) is 64.7 Å². The molecule has 0 aliphatic carbocycles. The summed E-state index contributed by atoms with van der Waals surface area (Å²) in [6.07, 6.45) is 10.0. The zero-order chi connectivity index (χ0) is 55.8. The van der Waals surface area contributed by atoms with Gasteiger partial charge in [0.25, 0.3) is 20.2 Å². The first-order valence-electron chi connectivity index (χ1n) is 25.8. The number of rotatable bonds is 8. The van der Waals surface area contributed by atoms with Gasteiger partial charge in [-0.2, -0.15) is 34.1 Å². The summed E-state index contributed by atoms with van der Waals surface area (Å²) in [6, 6.07) is 0. The van der Waals surface area contributed by atoms with E-state index in [0.29, 0.717) is 33.2 Å². The molecular weight excluding hydrogens is 1150 g/mol. The lowest BCUT2D eigenvalue weighted by Crippen LogP contribution is -2.51. The number of nitrogens with zero attached hydrogens (tertiary/aromatic N) is 9. The molecule has 454 valence electrons. The van der Waals surface area contributed by atoms with E-state index in [1.165, 1.54) is 80.2 Å². The molecule has 0 aromatic heterocycles. The second-order valence-electron chi connectivity index (χ2n) is 19.2. The molecule has 10 rings (SSSR count). The third-order valence-corrected chi connectivity index (χ3v) is 22.0. The highest BCUT2D eigenvalue weighted by Gasteiger charge is 2.34. The number of likely N-dealkylation sites (tertiary alicyclic amines) is 2. The van der Waals surface area contributed by atoms with Crippen molar-refractivity contribution in [3.05, 3.63) is 0 Å². The Kier molecular flexibility index (Phi) is 28.9. The lowest BCUT2D eigenvalue weighted by molar-refractivity contribution is -0.0507. The molecule has 0 spiro atoms. The van der Waals surface area contributed by atoms with Crippen molar-refractivity contribution in [2.45, 2.75) is 51.4 Å². The van der Waals surface area contributed by atoms with Crippen LogP contribution < -0.4 is 0 Å². The average Bonchev–Trinajstić information content (AvgIpc) is 3.39. The molecule has 0 radical (unpaired) electrons. The number of hydrogen-bond donors (Lipinski definition) is 0. The van der Waals surface area contributed by atoms with E-state index in [-0.39, 0.29) is 101 Å². The minimum atomic E-state index is -3.43. The first kappa shape index (κ1) is 66.8. The Morgan fingerprint density at radius 2 is 0.675 bits per heavy atom. The average molecular weight is 1230 g/mol. The third-order valence-electron chi connectivity index (χ3n) is 12.9. The SMILES string of the molecule is C1CCN(CN2CCCOC2)CC1.CN1COCCS1(=O)=O.O=S1(=O)CCN(CN2CCCOC2)CO1.O=S1(=O)CCOCN1CN1CCCCC1.O=S1(=O)CCOCN1CN1COCCS1(=O)=O.O=S1(=O)CCOCO1. The van der Waals surface area contributed by atoms with Gasteiger partial charge >= 0.3 is 0 Å². The molecule has 0 bridgehead atoms. The van der Waals surface area contributed by atoms with Crippen LogP contribution >= 0.6 is 0 Å². The minimum absolute atomic E-state index is 0.0208. The van der Waals surface area contributed by atoms with Gasteiger partial charge in [0, 0.05) is 39.9 Å². The lowest BCUT2D eigenvalue weighted by atomic mass is 10.1. The summed E-state index contributed by atoms with van der Waals surface area (Å²) in [6.45, 7) is 14.1. The van der Waals surface area contributed by atoms with Crippen molar-refractivity contribution in [1.82, 2.24) is 41.7 Å². The van der Waals surface area contributed by atoms with Crippen LogP contribution in [-0.2, 0) is 102 Å². The number of hydrogen-bond acceptors (Lipinski definition) is 26. The van der Waals surface area contributed by atoms with Gasteiger partial charge in [-0.3, -0.25) is 28.7 Å². The van der Waals surface area contributed by atoms with Gasteiger partial charge in [0.15, 0.2) is 6.79 Å². The molecule has 30 nitrogen and oxygen atoms in total. The molecule has 0 aromatic rings. The van der Waals surface area contributed by atoms with Gasteiger partial charge in [-0.1, -0.05) is 12.8 Å². The number of piperidine rings is 2. The molecule has 10 fully saturated rings. The van der Waals surface area contributed by atoms with Crippen LogP contribution in [0, 0.1) is 0 Å². The fraction of sp³-hybridized carbons (Fsp3) is 1.00. The second-order valence-corrected chi connectivity index (χ2v) is 31.1. The monoisotopic (exact) mass is 1230 g/mol. The summed E-state index contributed by atoms with van der Waals surface area (Å²) in [7, 11) is -17.8. The molecule has 0 N–H and O–H groups in total. The van der Waals surface area contributed by atoms with Gasteiger partial charge in [0.2, 0.25) is 40.1 Å². The van der Waals surface area contributed by atoms with E-state index in [2.05, 4.69) is 28.5 Å². The molecule has 0 aromatic carbocycles. The molecular formula is C41H83N9O21S6. The normalized spacial score (nSPS) is 28.8. The molecule has 10 heterocycles. The second kappa shape index (κ2) is 33.3. The van der Waals surface area contributed by atoms with Crippen LogP contribution in [0.5, 0.6) is 0 Å². The molecule has 36 heteroatoms. The maximum atomic E-state index is 11.7. The Bertz CT molecular complexity index is 2310. The van der Waals surface area contributed by atoms with Crippen molar-refractivity contribution in [2.75, 3.05) is 214 Å². The topological polar surface area (TPSA) is 317 Å². The molecule has 0 amide bonds. The summed E-state index contributed by atoms with van der Waals surface area (Å²) < 4.78 is 183. The Balaban J connectivity index is 0.000000173. The Morgan fingerprint density at radius 1 is 0.299 bits per heavy atom. The Hall–Kier alpha value is -1.02. The van der Waals surface area contributed by atoms with Crippen molar-refractivity contribution in [3.63, 3.8) is 0 Å². The predicted molar refractivity (Wildman–Crippen MR) is 278 cm³/mol. The lowest BCUT2D eigenvalue weighted by Gasteiger charge is -2.34. The molecule has 10 saturated heterocycles. The van der Waals surface area contributed by atoms with Gasteiger partial charge in [0.05, 0.1) is 108 Å². The predicted octanol–water partition coefficient (Wildman–Crippen LogP) is -2.86. The van der Waals surface area contributed by atoms with Crippen molar-refractivity contribution in [3.8, 4) is 0 Å². The van der Waals surface area contributed by atoms with Crippen LogP contribution in [0.4, 0.5) is 0 Å². The molecule has 10 aliphatic rings. The van der Waals surface area contributed by atoms with E-state index >= 15 is 0 Å². The largest absolute Gasteiger partial charge is 0.366 e. The Morgan fingerprint density at radius 3 is 1.03 bits per heavy atom. The Labute approximate surface area is 457 Å². The molecule has 0 atom stereocenters. The molecule has 77 heavy (non-hydrogen) atoms. The zero-order valence-corrected chi connectivity index (χ0v) is 49.2. The van der Waals surface area contributed by atoms with Crippen LogP contribution in [0.25, 0.3) is 0 Å². The van der Waals surface area contributed by atoms with Crippen molar-refractivity contribution >= 4 is 60.3 Å². The van der Waals surface area contributed by atoms with Crippen LogP contribution in [0.3, 0.4) is 0 Å². The van der Waals surface area contributed by atoms with E-state index < -0.39 is 60.3 Å². The first-order valence-corrected chi connectivity index (χ1v) is 35.4. The molecule has 0 saturated carbocycles. The van der Waals surface area contributed by atoms with Crippen LogP contribution in [-0.4, -0.2) is 306 Å². The van der Waals surface area contributed by atoms with Gasteiger partial charge in [-0.25, -0.2) is 37.9 Å². The van der Waals surface area contributed by atoms with Crippen LogP contribution in [0.15, 0.2) is 0 Å². The van der Waals surface area contributed by atoms with Crippen LogP contribution in [0.2, 0.25) is 0 Å². The van der Waals surface area contributed by atoms with E-state index in [9.17, 15) is 50.5 Å². The van der Waals surface area contributed by atoms with Crippen molar-refractivity contribution in [2.24, 2.45) is 0 Å². The summed E-state index contributed by atoms with van der Waals surface area (Å²) >= 11 is 0. The van der Waals surface area contributed by atoms with E-state index in [4.69, 9.17) is 32.6 Å². The highest BCUT2D eigenvalue weighted by atomic mass is 32.2. The molecule has 10 aliphatic heterocycles. The number of ether oxygens (including phenoxy) is 7. The van der Waals surface area contributed by atoms with E-state index in [1.807, 2.05) is 4.90 Å². The summed E-state index contributed by atoms with van der Waals surface area (Å²) in [5.74, 6) is 0.0581. The fourth-order valence-electron chi connectivity index (χ4n) is 8.30. The summed E-state index contributed by atoms with van der Waals surface area (Å²) in [4.78, 5) is 11.3. The van der Waals surface area contributed by atoms with Gasteiger partial charge < -0.3 is 33.2 Å². The highest BCUT2D eigenvalue weighted by Crippen LogP contribution is 2.17. The van der Waals surface area contributed by atoms with Gasteiger partial charge in [0.1, 0.15) is 33.7 Å². The van der Waals surface area contributed by atoms with Gasteiger partial charge in [-0.15, -0.1) is 0 Å². The van der Waals surface area contributed by atoms with E-state index in [0.717, 1.165) is 67.9 Å². The fourth-order valence-corrected chi connectivity index (χ4v) is 14.3. The highest BCUT2D eigenvalue weighted by molar-refractivity contribution is 7.90. The first-order chi connectivity index (χ1) is 36.5. The third kappa shape index (κ3) is 25.6. The zero-order valence-electron chi connectivity index (χ0n) is 44.3.